The topological polar surface area (TPSA) is 56.3 Å². The molecule has 1 heterocycles. The van der Waals surface area contributed by atoms with Gasteiger partial charge in [-0.2, -0.15) is 0 Å². The maximum atomic E-state index is 10.7. The van der Waals surface area contributed by atoms with Crippen LogP contribution in [0.1, 0.15) is 0 Å². The molecule has 3 rings (SSSR count). The first-order valence-corrected chi connectivity index (χ1v) is 5.71. The Labute approximate surface area is 104 Å². The van der Waals surface area contributed by atoms with E-state index in [-0.39, 0.29) is 5.69 Å². The summed E-state index contributed by atoms with van der Waals surface area (Å²) >= 11 is 3.39. The van der Waals surface area contributed by atoms with Gasteiger partial charge in [0, 0.05) is 21.3 Å². The zero-order valence-corrected chi connectivity index (χ0v) is 10.1. The van der Waals surface area contributed by atoms with Crippen LogP contribution in [-0.4, -0.2) is 4.92 Å². The van der Waals surface area contributed by atoms with Crippen LogP contribution in [0.25, 0.3) is 21.9 Å². The van der Waals surface area contributed by atoms with Crippen molar-refractivity contribution >= 4 is 43.6 Å². The molecule has 17 heavy (non-hydrogen) atoms. The molecule has 1 aromatic heterocycles. The molecule has 0 saturated carbocycles. The second-order valence-corrected chi connectivity index (χ2v) is 4.60. The van der Waals surface area contributed by atoms with Gasteiger partial charge >= 0.3 is 0 Å². The summed E-state index contributed by atoms with van der Waals surface area (Å²) in [4.78, 5) is 10.2. The van der Waals surface area contributed by atoms with Crippen LogP contribution < -0.4 is 0 Å². The Morgan fingerprint density at radius 2 is 1.88 bits per heavy atom. The summed E-state index contributed by atoms with van der Waals surface area (Å²) in [5, 5.41) is 12.5. The molecular formula is C12H6BrNO3. The van der Waals surface area contributed by atoms with E-state index in [1.54, 1.807) is 6.07 Å². The van der Waals surface area contributed by atoms with Crippen molar-refractivity contribution in [2.45, 2.75) is 0 Å². The lowest BCUT2D eigenvalue weighted by molar-refractivity contribution is -0.384. The third kappa shape index (κ3) is 1.59. The van der Waals surface area contributed by atoms with Gasteiger partial charge in [0.2, 0.25) is 0 Å². The van der Waals surface area contributed by atoms with Gasteiger partial charge in [0.25, 0.3) is 5.69 Å². The predicted octanol–water partition coefficient (Wildman–Crippen LogP) is 4.26. The van der Waals surface area contributed by atoms with Gasteiger partial charge in [-0.1, -0.05) is 15.9 Å². The van der Waals surface area contributed by atoms with Gasteiger partial charge in [0.05, 0.1) is 11.0 Å². The average Bonchev–Trinajstić information content (AvgIpc) is 2.66. The Morgan fingerprint density at radius 3 is 2.65 bits per heavy atom. The van der Waals surface area contributed by atoms with Gasteiger partial charge in [-0.05, 0) is 24.3 Å². The number of nitro benzene ring substituents is 1. The SMILES string of the molecule is O=[N+]([O-])c1ccc2c(c1)oc1ccc(Br)cc12. The van der Waals surface area contributed by atoms with E-state index in [0.29, 0.717) is 5.58 Å². The fraction of sp³-hybridized carbons (Fsp3) is 0. The van der Waals surface area contributed by atoms with Crippen molar-refractivity contribution in [3.63, 3.8) is 0 Å². The Kier molecular flexibility index (Phi) is 2.16. The summed E-state index contributed by atoms with van der Waals surface area (Å²) in [5.41, 5.74) is 1.30. The summed E-state index contributed by atoms with van der Waals surface area (Å²) in [6.45, 7) is 0. The Balaban J connectivity index is 2.39. The van der Waals surface area contributed by atoms with Gasteiger partial charge in [0.1, 0.15) is 11.2 Å². The molecule has 0 aliphatic carbocycles. The van der Waals surface area contributed by atoms with Crippen LogP contribution in [0.2, 0.25) is 0 Å². The summed E-state index contributed by atoms with van der Waals surface area (Å²) in [5.74, 6) is 0. The van der Waals surface area contributed by atoms with Gasteiger partial charge in [0.15, 0.2) is 0 Å². The smallest absolute Gasteiger partial charge is 0.273 e. The molecular weight excluding hydrogens is 286 g/mol. The number of hydrogen-bond acceptors (Lipinski definition) is 3. The van der Waals surface area contributed by atoms with E-state index < -0.39 is 4.92 Å². The second kappa shape index (κ2) is 3.56. The molecule has 84 valence electrons. The number of halogens is 1. The number of nitrogens with zero attached hydrogens (tertiary/aromatic N) is 1. The lowest BCUT2D eigenvalue weighted by Crippen LogP contribution is -1.85. The lowest BCUT2D eigenvalue weighted by atomic mass is 10.1. The molecule has 4 nitrogen and oxygen atoms in total. The van der Waals surface area contributed by atoms with Crippen LogP contribution >= 0.6 is 15.9 Å². The summed E-state index contributed by atoms with van der Waals surface area (Å²) in [6, 6.07) is 10.3. The highest BCUT2D eigenvalue weighted by Crippen LogP contribution is 2.32. The normalized spacial score (nSPS) is 11.1. The van der Waals surface area contributed by atoms with Crippen LogP contribution in [0, 0.1) is 10.1 Å². The monoisotopic (exact) mass is 291 g/mol. The van der Waals surface area contributed by atoms with Crippen LogP contribution in [-0.2, 0) is 0 Å². The van der Waals surface area contributed by atoms with Crippen molar-refractivity contribution in [2.75, 3.05) is 0 Å². The van der Waals surface area contributed by atoms with E-state index in [0.717, 1.165) is 20.8 Å². The summed E-state index contributed by atoms with van der Waals surface area (Å²) < 4.78 is 6.52. The number of furan rings is 1. The van der Waals surface area contributed by atoms with Crippen molar-refractivity contribution < 1.29 is 9.34 Å². The molecule has 0 unspecified atom stereocenters. The average molecular weight is 292 g/mol. The largest absolute Gasteiger partial charge is 0.456 e. The predicted molar refractivity (Wildman–Crippen MR) is 68.1 cm³/mol. The summed E-state index contributed by atoms with van der Waals surface area (Å²) in [7, 11) is 0. The first kappa shape index (κ1) is 10.3. The van der Waals surface area contributed by atoms with Crippen LogP contribution in [0.15, 0.2) is 45.3 Å². The van der Waals surface area contributed by atoms with Gasteiger partial charge in [-0.25, -0.2) is 0 Å². The van der Waals surface area contributed by atoms with E-state index in [2.05, 4.69) is 15.9 Å². The first-order chi connectivity index (χ1) is 8.15. The number of rotatable bonds is 1. The highest BCUT2D eigenvalue weighted by Gasteiger charge is 2.12. The fourth-order valence-corrected chi connectivity index (χ4v) is 2.21. The molecule has 0 saturated heterocycles. The van der Waals surface area contributed by atoms with Crippen molar-refractivity contribution in [3.05, 3.63) is 51.0 Å². The lowest BCUT2D eigenvalue weighted by Gasteiger charge is -1.91. The maximum absolute atomic E-state index is 10.7. The quantitative estimate of drug-likeness (QED) is 0.497. The number of benzene rings is 2. The van der Waals surface area contributed by atoms with E-state index in [4.69, 9.17) is 4.42 Å². The molecule has 0 fully saturated rings. The van der Waals surface area contributed by atoms with Crippen LogP contribution in [0.5, 0.6) is 0 Å². The Bertz CT molecular complexity index is 748. The third-order valence-corrected chi connectivity index (χ3v) is 3.12. The van der Waals surface area contributed by atoms with Crippen molar-refractivity contribution in [1.82, 2.24) is 0 Å². The minimum Gasteiger partial charge on any atom is -0.456 e. The van der Waals surface area contributed by atoms with Crippen LogP contribution in [0.3, 0.4) is 0 Å². The van der Waals surface area contributed by atoms with Gasteiger partial charge in [-0.15, -0.1) is 0 Å². The number of fused-ring (bicyclic) bond motifs is 3. The Hall–Kier alpha value is -1.88. The third-order valence-electron chi connectivity index (χ3n) is 2.63. The highest BCUT2D eigenvalue weighted by molar-refractivity contribution is 9.10. The van der Waals surface area contributed by atoms with Gasteiger partial charge < -0.3 is 4.42 Å². The van der Waals surface area contributed by atoms with Gasteiger partial charge in [-0.3, -0.25) is 10.1 Å². The Morgan fingerprint density at radius 1 is 1.06 bits per heavy atom. The van der Waals surface area contributed by atoms with Crippen LogP contribution in [0.4, 0.5) is 5.69 Å². The molecule has 0 atom stereocenters. The van der Waals surface area contributed by atoms with E-state index in [1.165, 1.54) is 12.1 Å². The van der Waals surface area contributed by atoms with Crippen molar-refractivity contribution in [2.24, 2.45) is 0 Å². The highest BCUT2D eigenvalue weighted by atomic mass is 79.9. The second-order valence-electron chi connectivity index (χ2n) is 3.68. The number of hydrogen-bond donors (Lipinski definition) is 0. The number of non-ortho nitro benzene ring substituents is 1. The minimum atomic E-state index is -0.428. The zero-order chi connectivity index (χ0) is 12.0. The molecule has 0 aliphatic heterocycles. The standard InChI is InChI=1S/C12H6BrNO3/c13-7-1-4-11-10(5-7)9-3-2-8(14(15)16)6-12(9)17-11/h1-6H. The van der Waals surface area contributed by atoms with E-state index in [9.17, 15) is 10.1 Å². The molecule has 2 aromatic carbocycles. The number of nitro groups is 1. The molecule has 0 bridgehead atoms. The first-order valence-electron chi connectivity index (χ1n) is 4.91. The summed E-state index contributed by atoms with van der Waals surface area (Å²) in [6.07, 6.45) is 0. The molecule has 5 heteroatoms. The molecule has 0 radical (unpaired) electrons. The maximum Gasteiger partial charge on any atom is 0.273 e. The fourth-order valence-electron chi connectivity index (χ4n) is 1.85. The van der Waals surface area contributed by atoms with Crippen molar-refractivity contribution in [3.8, 4) is 0 Å². The molecule has 0 aliphatic rings. The van der Waals surface area contributed by atoms with E-state index in [1.807, 2.05) is 18.2 Å². The zero-order valence-electron chi connectivity index (χ0n) is 8.51. The minimum absolute atomic E-state index is 0.0376. The van der Waals surface area contributed by atoms with Crippen molar-refractivity contribution in [1.29, 1.82) is 0 Å². The molecule has 3 aromatic rings. The molecule has 0 spiro atoms. The molecule has 0 N–H and O–H groups in total. The van der Waals surface area contributed by atoms with E-state index >= 15 is 0 Å². The molecule has 0 amide bonds.